The molecule has 0 saturated heterocycles. The highest BCUT2D eigenvalue weighted by Gasteiger charge is 2.55. The van der Waals surface area contributed by atoms with Crippen molar-refractivity contribution in [1.82, 2.24) is 15.0 Å². The van der Waals surface area contributed by atoms with E-state index in [1.54, 1.807) is 18.2 Å². The van der Waals surface area contributed by atoms with Gasteiger partial charge in [0.15, 0.2) is 0 Å². The molecular weight excluding hydrogens is 414 g/mol. The molecule has 31 heavy (non-hydrogen) atoms. The summed E-state index contributed by atoms with van der Waals surface area (Å²) in [5.41, 5.74) is -0.252. The van der Waals surface area contributed by atoms with E-state index in [4.69, 9.17) is 4.74 Å². The van der Waals surface area contributed by atoms with Gasteiger partial charge in [-0.05, 0) is 47.4 Å². The molecule has 0 saturated carbocycles. The molecule has 1 N–H and O–H groups in total. The van der Waals surface area contributed by atoms with Gasteiger partial charge < -0.3 is 9.84 Å². The highest BCUT2D eigenvalue weighted by molar-refractivity contribution is 5.84. The predicted molar refractivity (Wildman–Crippen MR) is 105 cm³/mol. The van der Waals surface area contributed by atoms with Crippen molar-refractivity contribution in [2.24, 2.45) is 0 Å². The highest BCUT2D eigenvalue weighted by Crippen LogP contribution is 2.40. The maximum atomic E-state index is 13.2. The number of benzene rings is 2. The molecule has 0 amide bonds. The summed E-state index contributed by atoms with van der Waals surface area (Å²) >= 11 is 0. The molecule has 3 aromatic rings. The van der Waals surface area contributed by atoms with Crippen LogP contribution in [0.4, 0.5) is 17.6 Å². The van der Waals surface area contributed by atoms with Crippen LogP contribution in [0.2, 0.25) is 0 Å². The summed E-state index contributed by atoms with van der Waals surface area (Å²) in [4.78, 5) is 0. The molecule has 5 nitrogen and oxygen atoms in total. The number of nitrogens with zero attached hydrogens (tertiary/aromatic N) is 3. The van der Waals surface area contributed by atoms with E-state index in [1.807, 2.05) is 18.2 Å². The minimum Gasteiger partial charge on any atom is -0.489 e. The smallest absolute Gasteiger partial charge is 0.423 e. The summed E-state index contributed by atoms with van der Waals surface area (Å²) in [5, 5.41) is 17.3. The van der Waals surface area contributed by atoms with Gasteiger partial charge in [-0.15, -0.1) is 5.10 Å². The molecule has 0 bridgehead atoms. The Bertz CT molecular complexity index is 1120. The third-order valence-corrected chi connectivity index (χ3v) is 5.31. The number of alkyl halides is 3. The normalized spacial score (nSPS) is 15.6. The van der Waals surface area contributed by atoms with Crippen LogP contribution in [0.15, 0.2) is 54.7 Å². The fraction of sp³-hybridized carbons (Fsp3) is 0.273. The van der Waals surface area contributed by atoms with Gasteiger partial charge in [0.25, 0.3) is 0 Å². The van der Waals surface area contributed by atoms with Gasteiger partial charge in [-0.3, -0.25) is 0 Å². The summed E-state index contributed by atoms with van der Waals surface area (Å²) in [7, 11) is 0. The topological polar surface area (TPSA) is 60.2 Å². The molecule has 0 aliphatic carbocycles. The SMILES string of the molecule is CCC(O)(c1cn(Cc2ccc3c(c2)OCC=C3c2ccc(F)cc2)nn1)C(F)(F)F. The van der Waals surface area contributed by atoms with Gasteiger partial charge >= 0.3 is 6.18 Å². The van der Waals surface area contributed by atoms with Crippen molar-refractivity contribution in [3.63, 3.8) is 0 Å². The average molecular weight is 433 g/mol. The van der Waals surface area contributed by atoms with Crippen LogP contribution < -0.4 is 4.74 Å². The van der Waals surface area contributed by atoms with Crippen LogP contribution in [-0.4, -0.2) is 32.9 Å². The molecule has 0 spiro atoms. The predicted octanol–water partition coefficient (Wildman–Crippen LogP) is 4.45. The largest absolute Gasteiger partial charge is 0.489 e. The van der Waals surface area contributed by atoms with E-state index in [0.717, 1.165) is 28.5 Å². The lowest BCUT2D eigenvalue weighted by atomic mass is 9.94. The van der Waals surface area contributed by atoms with Gasteiger partial charge in [-0.1, -0.05) is 36.4 Å². The summed E-state index contributed by atoms with van der Waals surface area (Å²) in [6, 6.07) is 11.6. The number of hydrogen-bond acceptors (Lipinski definition) is 4. The van der Waals surface area contributed by atoms with Crippen LogP contribution >= 0.6 is 0 Å². The molecule has 162 valence electrons. The fourth-order valence-corrected chi connectivity index (χ4v) is 3.51. The van der Waals surface area contributed by atoms with Crippen molar-refractivity contribution in [3.05, 3.63) is 82.9 Å². The van der Waals surface area contributed by atoms with E-state index >= 15 is 0 Å². The molecule has 1 aliphatic rings. The first-order valence-corrected chi connectivity index (χ1v) is 9.63. The Balaban J connectivity index is 1.58. The number of aliphatic hydroxyl groups is 1. The zero-order valence-corrected chi connectivity index (χ0v) is 16.5. The number of rotatable bonds is 5. The van der Waals surface area contributed by atoms with Crippen molar-refractivity contribution in [2.75, 3.05) is 6.61 Å². The molecule has 1 atom stereocenters. The second-order valence-electron chi connectivity index (χ2n) is 7.28. The van der Waals surface area contributed by atoms with Crippen molar-refractivity contribution in [3.8, 4) is 5.75 Å². The zero-order valence-electron chi connectivity index (χ0n) is 16.5. The zero-order chi connectivity index (χ0) is 22.2. The molecular formula is C22H19F4N3O2. The third-order valence-electron chi connectivity index (χ3n) is 5.31. The van der Waals surface area contributed by atoms with Crippen LogP contribution in [0.1, 0.15) is 35.7 Å². The van der Waals surface area contributed by atoms with E-state index < -0.39 is 23.9 Å². The Morgan fingerprint density at radius 2 is 1.87 bits per heavy atom. The molecule has 2 aromatic carbocycles. The lowest BCUT2D eigenvalue weighted by molar-refractivity contribution is -0.269. The molecule has 0 fully saturated rings. The molecule has 0 radical (unpaired) electrons. The molecule has 9 heteroatoms. The second kappa shape index (κ2) is 7.81. The molecule has 1 aliphatic heterocycles. The maximum absolute atomic E-state index is 13.2. The van der Waals surface area contributed by atoms with Gasteiger partial charge in [-0.2, -0.15) is 13.2 Å². The summed E-state index contributed by atoms with van der Waals surface area (Å²) in [6.45, 7) is 1.72. The standard InChI is InChI=1S/C22H19F4N3O2/c1-2-21(30,22(24,25)26)20-13-29(28-27-20)12-14-3-8-18-17(9-10-31-19(18)11-14)15-4-6-16(23)7-5-15/h3-9,11,13,30H,2,10,12H2,1H3. The number of ether oxygens (including phenoxy) is 1. The van der Waals surface area contributed by atoms with Crippen molar-refractivity contribution < 1.29 is 27.4 Å². The first-order valence-electron chi connectivity index (χ1n) is 9.63. The van der Waals surface area contributed by atoms with Crippen LogP contribution in [0.5, 0.6) is 5.75 Å². The Kier molecular flexibility index (Phi) is 5.30. The van der Waals surface area contributed by atoms with E-state index in [9.17, 15) is 22.7 Å². The van der Waals surface area contributed by atoms with Crippen LogP contribution in [-0.2, 0) is 12.1 Å². The van der Waals surface area contributed by atoms with Crippen LogP contribution in [0.25, 0.3) is 5.57 Å². The van der Waals surface area contributed by atoms with E-state index in [1.165, 1.54) is 23.7 Å². The lowest BCUT2D eigenvalue weighted by Gasteiger charge is -2.26. The first kappa shape index (κ1) is 21.0. The molecule has 4 rings (SSSR count). The van der Waals surface area contributed by atoms with Gasteiger partial charge in [0.1, 0.15) is 23.9 Å². The summed E-state index contributed by atoms with van der Waals surface area (Å²) < 4.78 is 59.9. The van der Waals surface area contributed by atoms with Crippen molar-refractivity contribution in [1.29, 1.82) is 0 Å². The Hall–Kier alpha value is -3.20. The number of hydrogen-bond donors (Lipinski definition) is 1. The Morgan fingerprint density at radius 3 is 2.55 bits per heavy atom. The molecule has 2 heterocycles. The van der Waals surface area contributed by atoms with E-state index in [0.29, 0.717) is 12.4 Å². The summed E-state index contributed by atoms with van der Waals surface area (Å²) in [6.07, 6.45) is -2.42. The lowest BCUT2D eigenvalue weighted by Crippen LogP contribution is -2.42. The minimum absolute atomic E-state index is 0.150. The van der Waals surface area contributed by atoms with Gasteiger partial charge in [0.2, 0.25) is 5.60 Å². The van der Waals surface area contributed by atoms with Gasteiger partial charge in [-0.25, -0.2) is 9.07 Å². The van der Waals surface area contributed by atoms with E-state index in [-0.39, 0.29) is 12.4 Å². The van der Waals surface area contributed by atoms with Crippen molar-refractivity contribution in [2.45, 2.75) is 31.7 Å². The second-order valence-corrected chi connectivity index (χ2v) is 7.28. The van der Waals surface area contributed by atoms with Gasteiger partial charge in [0, 0.05) is 5.56 Å². The quantitative estimate of drug-likeness (QED) is 0.604. The van der Waals surface area contributed by atoms with E-state index in [2.05, 4.69) is 10.3 Å². The monoisotopic (exact) mass is 433 g/mol. The Morgan fingerprint density at radius 1 is 1.13 bits per heavy atom. The average Bonchev–Trinajstić information content (AvgIpc) is 3.21. The summed E-state index contributed by atoms with van der Waals surface area (Å²) in [5.74, 6) is 0.291. The number of aromatic nitrogens is 3. The van der Waals surface area contributed by atoms with Crippen LogP contribution in [0.3, 0.4) is 0 Å². The maximum Gasteiger partial charge on any atom is 0.423 e. The van der Waals surface area contributed by atoms with Gasteiger partial charge in [0.05, 0.1) is 12.7 Å². The minimum atomic E-state index is -4.86. The number of fused-ring (bicyclic) bond motifs is 1. The molecule has 1 aromatic heterocycles. The number of halogens is 4. The van der Waals surface area contributed by atoms with Crippen molar-refractivity contribution >= 4 is 5.57 Å². The molecule has 1 unspecified atom stereocenters. The Labute approximate surface area is 175 Å². The third kappa shape index (κ3) is 3.93. The first-order chi connectivity index (χ1) is 14.7. The highest BCUT2D eigenvalue weighted by atomic mass is 19.4. The van der Waals surface area contributed by atoms with Crippen LogP contribution in [0, 0.1) is 5.82 Å². The fourth-order valence-electron chi connectivity index (χ4n) is 3.51.